The smallest absolute Gasteiger partial charge is 0.266 e. The molecule has 1 aromatic carbocycles. The first kappa shape index (κ1) is 20.6. The minimum Gasteiger partial charge on any atom is -0.370 e. The van der Waals surface area contributed by atoms with Gasteiger partial charge in [-0.2, -0.15) is 0 Å². The number of hydrogen-bond donors (Lipinski definition) is 1. The lowest BCUT2D eigenvalue weighted by molar-refractivity contribution is 0.00301. The van der Waals surface area contributed by atoms with Crippen molar-refractivity contribution in [2.45, 2.75) is 50.7 Å². The monoisotopic (exact) mass is 441 g/mol. The summed E-state index contributed by atoms with van der Waals surface area (Å²) in [5.74, 6) is 0.728. The molecule has 1 saturated heterocycles. The summed E-state index contributed by atoms with van der Waals surface area (Å²) < 4.78 is 35.9. The van der Waals surface area contributed by atoms with Crippen LogP contribution in [-0.2, 0) is 14.8 Å². The number of ether oxygens (including phenoxy) is 1. The van der Waals surface area contributed by atoms with Crippen molar-refractivity contribution in [2.75, 3.05) is 19.7 Å². The Balaban J connectivity index is 1.61. The summed E-state index contributed by atoms with van der Waals surface area (Å²) in [4.78, 5) is 5.75. The number of aromatic amines is 1. The number of likely N-dealkylation sites (tertiary alicyclic amines) is 1. The van der Waals surface area contributed by atoms with Gasteiger partial charge >= 0.3 is 0 Å². The molecule has 3 aliphatic rings. The molecule has 2 aliphatic heterocycles. The average molecular weight is 442 g/mol. The Morgan fingerprint density at radius 1 is 1.16 bits per heavy atom. The maximum atomic E-state index is 14.0. The van der Waals surface area contributed by atoms with Crippen molar-refractivity contribution in [2.24, 2.45) is 11.8 Å². The lowest BCUT2D eigenvalue weighted by Crippen LogP contribution is -2.43. The van der Waals surface area contributed by atoms with Gasteiger partial charge in [-0.3, -0.25) is 0 Å². The van der Waals surface area contributed by atoms with Gasteiger partial charge in [-0.25, -0.2) is 12.7 Å². The largest absolute Gasteiger partial charge is 0.370 e. The molecule has 31 heavy (non-hydrogen) atoms. The summed E-state index contributed by atoms with van der Waals surface area (Å²) >= 11 is 0. The second-order valence-corrected chi connectivity index (χ2v) is 11.1. The highest BCUT2D eigenvalue weighted by Gasteiger charge is 2.42. The zero-order valence-electron chi connectivity index (χ0n) is 18.3. The van der Waals surface area contributed by atoms with Crippen molar-refractivity contribution >= 4 is 20.9 Å². The lowest BCUT2D eigenvalue weighted by Gasteiger charge is -2.37. The van der Waals surface area contributed by atoms with Crippen LogP contribution < -0.4 is 0 Å². The highest BCUT2D eigenvalue weighted by atomic mass is 32.2. The van der Waals surface area contributed by atoms with Gasteiger partial charge in [0.1, 0.15) is 0 Å². The highest BCUT2D eigenvalue weighted by molar-refractivity contribution is 7.89. The molecule has 0 spiro atoms. The number of hydrogen-bond acceptors (Lipinski definition) is 4. The Morgan fingerprint density at radius 3 is 2.65 bits per heavy atom. The normalized spacial score (nSPS) is 22.4. The molecule has 2 aromatic rings. The topological polar surface area (TPSA) is 65.6 Å². The van der Waals surface area contributed by atoms with E-state index in [4.69, 9.17) is 4.74 Å². The summed E-state index contributed by atoms with van der Waals surface area (Å²) in [5, 5.41) is 0.712. The van der Waals surface area contributed by atoms with Crippen LogP contribution in [0.4, 0.5) is 0 Å². The Kier molecular flexibility index (Phi) is 5.34. The number of sulfonamides is 1. The average Bonchev–Trinajstić information content (AvgIpc) is 3.24. The molecule has 0 radical (unpaired) electrons. The molecule has 0 bridgehead atoms. The Labute approximate surface area is 184 Å². The third kappa shape index (κ3) is 3.89. The van der Waals surface area contributed by atoms with Crippen molar-refractivity contribution in [3.8, 4) is 0 Å². The molecular weight excluding hydrogens is 410 g/mol. The molecular formula is C24H31N3O3S. The third-order valence-corrected chi connectivity index (χ3v) is 8.07. The van der Waals surface area contributed by atoms with Crippen molar-refractivity contribution in [3.05, 3.63) is 54.0 Å². The van der Waals surface area contributed by atoms with Gasteiger partial charge in [0, 0.05) is 36.4 Å². The Morgan fingerprint density at radius 2 is 1.94 bits per heavy atom. The maximum absolute atomic E-state index is 14.0. The highest BCUT2D eigenvalue weighted by Crippen LogP contribution is 2.44. The Bertz CT molecular complexity index is 1120. The van der Waals surface area contributed by atoms with E-state index in [2.05, 4.69) is 29.8 Å². The third-order valence-electron chi connectivity index (χ3n) is 6.31. The van der Waals surface area contributed by atoms with E-state index in [-0.39, 0.29) is 0 Å². The molecule has 5 rings (SSSR count). The molecule has 1 aliphatic carbocycles. The van der Waals surface area contributed by atoms with Crippen LogP contribution in [-0.4, -0.2) is 48.5 Å². The zero-order valence-corrected chi connectivity index (χ0v) is 19.1. The molecule has 1 N–H and O–H groups in total. The number of nitrogens with zero attached hydrogens (tertiary/aromatic N) is 2. The predicted octanol–water partition coefficient (Wildman–Crippen LogP) is 4.44. The van der Waals surface area contributed by atoms with Crippen LogP contribution in [0.3, 0.4) is 0 Å². The first-order chi connectivity index (χ1) is 14.9. The van der Waals surface area contributed by atoms with Crippen LogP contribution in [0.25, 0.3) is 10.9 Å². The van der Waals surface area contributed by atoms with Crippen LogP contribution in [0.15, 0.2) is 58.9 Å². The van der Waals surface area contributed by atoms with E-state index in [1.807, 2.05) is 18.3 Å². The fourth-order valence-corrected chi connectivity index (χ4v) is 6.17. The van der Waals surface area contributed by atoms with Gasteiger partial charge in [0.05, 0.1) is 17.2 Å². The van der Waals surface area contributed by atoms with Gasteiger partial charge in [-0.1, -0.05) is 19.9 Å². The predicted molar refractivity (Wildman–Crippen MR) is 122 cm³/mol. The molecule has 166 valence electrons. The zero-order chi connectivity index (χ0) is 21.6. The van der Waals surface area contributed by atoms with Crippen molar-refractivity contribution in [3.63, 3.8) is 0 Å². The van der Waals surface area contributed by atoms with Crippen LogP contribution in [0.5, 0.6) is 0 Å². The van der Waals surface area contributed by atoms with Gasteiger partial charge in [-0.15, -0.1) is 0 Å². The fraction of sp³-hybridized carbons (Fsp3) is 0.500. The molecule has 3 heterocycles. The first-order valence-corrected chi connectivity index (χ1v) is 12.8. The number of benzene rings is 1. The lowest BCUT2D eigenvalue weighted by atomic mass is 10.1. The quantitative estimate of drug-likeness (QED) is 0.690. The number of rotatable bonds is 7. The van der Waals surface area contributed by atoms with E-state index >= 15 is 0 Å². The minimum absolute atomic E-state index is 0.318. The first-order valence-electron chi connectivity index (χ1n) is 11.3. The molecule has 1 saturated carbocycles. The summed E-state index contributed by atoms with van der Waals surface area (Å²) in [6.45, 7) is 6.64. The van der Waals surface area contributed by atoms with Gasteiger partial charge in [0.2, 0.25) is 0 Å². The molecule has 1 atom stereocenters. The van der Waals surface area contributed by atoms with E-state index < -0.39 is 16.3 Å². The van der Waals surface area contributed by atoms with Crippen molar-refractivity contribution in [1.82, 2.24) is 14.2 Å². The van der Waals surface area contributed by atoms with Crippen LogP contribution in [0.1, 0.15) is 39.5 Å². The van der Waals surface area contributed by atoms with E-state index in [0.29, 0.717) is 28.7 Å². The number of allylic oxidation sites excluding steroid dienone is 1. The van der Waals surface area contributed by atoms with Crippen LogP contribution in [0.2, 0.25) is 0 Å². The van der Waals surface area contributed by atoms with Crippen LogP contribution in [0, 0.1) is 11.8 Å². The maximum Gasteiger partial charge on any atom is 0.266 e. The summed E-state index contributed by atoms with van der Waals surface area (Å²) in [6, 6.07) is 7.23. The van der Waals surface area contributed by atoms with Gasteiger partial charge < -0.3 is 14.6 Å². The SMILES string of the molecule is CC(C)COC1C(C2CC2)=CC(N2CCCC2)=CN1S(=O)(=O)c1cccc2[nH]ccc12. The Hall–Kier alpha value is -2.25. The van der Waals surface area contributed by atoms with Gasteiger partial charge in [-0.05, 0) is 67.4 Å². The molecule has 2 fully saturated rings. The van der Waals surface area contributed by atoms with E-state index in [9.17, 15) is 8.42 Å². The summed E-state index contributed by atoms with van der Waals surface area (Å²) in [7, 11) is -3.81. The van der Waals surface area contributed by atoms with Crippen LogP contribution >= 0.6 is 0 Å². The molecule has 7 heteroatoms. The van der Waals surface area contributed by atoms with Gasteiger partial charge in [0.15, 0.2) is 6.23 Å². The van der Waals surface area contributed by atoms with Crippen molar-refractivity contribution < 1.29 is 13.2 Å². The van der Waals surface area contributed by atoms with E-state index in [1.54, 1.807) is 18.3 Å². The number of nitrogens with one attached hydrogen (secondary N) is 1. The van der Waals surface area contributed by atoms with Gasteiger partial charge in [0.25, 0.3) is 10.0 Å². The molecule has 6 nitrogen and oxygen atoms in total. The minimum atomic E-state index is -3.81. The van der Waals surface area contributed by atoms with E-state index in [0.717, 1.165) is 55.6 Å². The summed E-state index contributed by atoms with van der Waals surface area (Å²) in [5.41, 5.74) is 2.92. The number of aromatic nitrogens is 1. The molecule has 1 aromatic heterocycles. The second kappa shape index (κ2) is 8.02. The molecule has 1 unspecified atom stereocenters. The standard InChI is InChI=1S/C24H31N3O3S/c1-17(2)16-30-24-21(18-8-9-18)14-19(26-12-3-4-13-26)15-27(24)31(28,29)23-7-5-6-22-20(23)10-11-25-22/h5-7,10-11,14-15,17-18,24-25H,3-4,8-9,12-13,16H2,1-2H3. The molecule has 0 amide bonds. The fourth-order valence-electron chi connectivity index (χ4n) is 4.55. The van der Waals surface area contributed by atoms with E-state index in [1.165, 1.54) is 4.31 Å². The second-order valence-electron chi connectivity index (χ2n) is 9.28. The number of H-pyrrole nitrogens is 1. The summed E-state index contributed by atoms with van der Waals surface area (Å²) in [6.07, 6.45) is 9.71. The van der Waals surface area contributed by atoms with Crippen molar-refractivity contribution in [1.29, 1.82) is 0 Å². The number of fused-ring (bicyclic) bond motifs is 1.